The average molecular weight is 306 g/mol. The van der Waals surface area contributed by atoms with Gasteiger partial charge in [0.05, 0.1) is 6.10 Å². The summed E-state index contributed by atoms with van der Waals surface area (Å²) >= 11 is 0. The molecule has 2 aliphatic rings. The Bertz CT molecular complexity index is 540. The number of amides is 1. The summed E-state index contributed by atoms with van der Waals surface area (Å²) in [4.78, 5) is 19.1. The highest BCUT2D eigenvalue weighted by atomic mass is 16.4. The van der Waals surface area contributed by atoms with Gasteiger partial charge in [0.15, 0.2) is 11.6 Å². The molecule has 0 unspecified atom stereocenters. The van der Waals surface area contributed by atoms with Crippen LogP contribution in [0, 0.1) is 19.8 Å². The van der Waals surface area contributed by atoms with E-state index in [1.807, 2.05) is 4.90 Å². The number of rotatable bonds is 2. The maximum Gasteiger partial charge on any atom is 0.276 e. The minimum Gasteiger partial charge on any atom is -0.445 e. The predicted molar refractivity (Wildman–Crippen MR) is 82.6 cm³/mol. The van der Waals surface area contributed by atoms with E-state index in [4.69, 9.17) is 4.42 Å². The van der Waals surface area contributed by atoms with Gasteiger partial charge in [-0.1, -0.05) is 12.8 Å². The maximum atomic E-state index is 12.9. The van der Waals surface area contributed by atoms with Crippen molar-refractivity contribution in [3.63, 3.8) is 0 Å². The molecule has 0 bridgehead atoms. The lowest BCUT2D eigenvalue weighted by molar-refractivity contribution is -0.00155. The molecule has 5 heteroatoms. The highest BCUT2D eigenvalue weighted by Crippen LogP contribution is 2.34. The van der Waals surface area contributed by atoms with E-state index >= 15 is 0 Å². The van der Waals surface area contributed by atoms with Gasteiger partial charge in [-0.3, -0.25) is 4.79 Å². The molecule has 22 heavy (non-hydrogen) atoms. The second kappa shape index (κ2) is 6.41. The SMILES string of the molecule is Cc1nc(C(=O)N2CCCC[C@@H]2[C@@H]2CCCC[C@@H]2O)c(C)o1. The lowest BCUT2D eigenvalue weighted by atomic mass is 9.78. The summed E-state index contributed by atoms with van der Waals surface area (Å²) in [5, 5.41) is 10.4. The maximum absolute atomic E-state index is 12.9. The number of aliphatic hydroxyl groups excluding tert-OH is 1. The van der Waals surface area contributed by atoms with Crippen molar-refractivity contribution in [2.75, 3.05) is 6.54 Å². The van der Waals surface area contributed by atoms with Crippen LogP contribution in [0.5, 0.6) is 0 Å². The van der Waals surface area contributed by atoms with Crippen LogP contribution in [0.25, 0.3) is 0 Å². The third-order valence-electron chi connectivity index (χ3n) is 5.19. The molecule has 1 aliphatic carbocycles. The molecule has 1 saturated carbocycles. The zero-order chi connectivity index (χ0) is 15.7. The first-order chi connectivity index (χ1) is 10.6. The van der Waals surface area contributed by atoms with Crippen LogP contribution < -0.4 is 0 Å². The Morgan fingerprint density at radius 2 is 1.91 bits per heavy atom. The van der Waals surface area contributed by atoms with E-state index in [1.165, 1.54) is 0 Å². The van der Waals surface area contributed by atoms with Gasteiger partial charge in [-0.15, -0.1) is 0 Å². The Balaban J connectivity index is 1.83. The lowest BCUT2D eigenvalue weighted by Crippen LogP contribution is -2.51. The van der Waals surface area contributed by atoms with E-state index in [9.17, 15) is 9.90 Å². The number of aryl methyl sites for hydroxylation is 2. The topological polar surface area (TPSA) is 66.6 Å². The van der Waals surface area contributed by atoms with Crippen LogP contribution in [0.2, 0.25) is 0 Å². The minimum absolute atomic E-state index is 0.0307. The van der Waals surface area contributed by atoms with E-state index in [1.54, 1.807) is 13.8 Å². The first kappa shape index (κ1) is 15.5. The molecule has 1 saturated heterocycles. The van der Waals surface area contributed by atoms with Crippen LogP contribution in [0.1, 0.15) is 67.1 Å². The molecule has 0 spiro atoms. The summed E-state index contributed by atoms with van der Waals surface area (Å²) in [6.45, 7) is 4.32. The van der Waals surface area contributed by atoms with E-state index in [-0.39, 0.29) is 24.0 Å². The summed E-state index contributed by atoms with van der Waals surface area (Å²) in [6, 6.07) is 0.146. The Kier molecular flexibility index (Phi) is 4.52. The number of aromatic nitrogens is 1. The van der Waals surface area contributed by atoms with Crippen LogP contribution in [-0.2, 0) is 0 Å². The number of carbonyl (C=O) groups excluding carboxylic acids is 1. The monoisotopic (exact) mass is 306 g/mol. The minimum atomic E-state index is -0.271. The van der Waals surface area contributed by atoms with Gasteiger partial charge < -0.3 is 14.4 Å². The second-order valence-electron chi connectivity index (χ2n) is 6.72. The number of piperidine rings is 1. The standard InChI is InChI=1S/C17H26N2O3/c1-11-16(18-12(2)22-11)17(21)19-10-6-5-8-14(19)13-7-3-4-9-15(13)20/h13-15,20H,3-10H2,1-2H3/t13-,14+,15-/m0/s1. The van der Waals surface area contributed by atoms with Crippen LogP contribution in [-0.4, -0.2) is 39.6 Å². The summed E-state index contributed by atoms with van der Waals surface area (Å²) < 4.78 is 5.42. The third-order valence-corrected chi connectivity index (χ3v) is 5.19. The Morgan fingerprint density at radius 3 is 2.59 bits per heavy atom. The third kappa shape index (κ3) is 2.91. The molecule has 5 nitrogen and oxygen atoms in total. The number of hydrogen-bond donors (Lipinski definition) is 1. The van der Waals surface area contributed by atoms with E-state index < -0.39 is 0 Å². The molecule has 3 atom stereocenters. The van der Waals surface area contributed by atoms with Crippen molar-refractivity contribution in [2.45, 2.75) is 70.9 Å². The van der Waals surface area contributed by atoms with Gasteiger partial charge in [-0.25, -0.2) is 4.98 Å². The Hall–Kier alpha value is -1.36. The Labute approximate surface area is 131 Å². The number of hydrogen-bond acceptors (Lipinski definition) is 4. The van der Waals surface area contributed by atoms with E-state index in [0.29, 0.717) is 17.3 Å². The molecule has 1 N–H and O–H groups in total. The summed E-state index contributed by atoms with van der Waals surface area (Å²) in [5.41, 5.74) is 0.440. The summed E-state index contributed by atoms with van der Waals surface area (Å²) in [7, 11) is 0. The molecule has 0 radical (unpaired) electrons. The fourth-order valence-corrected chi connectivity index (χ4v) is 4.11. The molecular formula is C17H26N2O3. The van der Waals surface area contributed by atoms with Crippen LogP contribution in [0.3, 0.4) is 0 Å². The van der Waals surface area contributed by atoms with Crippen LogP contribution in [0.4, 0.5) is 0 Å². The van der Waals surface area contributed by atoms with Gasteiger partial charge in [-0.2, -0.15) is 0 Å². The molecule has 2 fully saturated rings. The lowest BCUT2D eigenvalue weighted by Gasteiger charge is -2.43. The van der Waals surface area contributed by atoms with Crippen molar-refractivity contribution in [3.8, 4) is 0 Å². The highest BCUT2D eigenvalue weighted by molar-refractivity contribution is 5.93. The molecule has 1 amide bonds. The fraction of sp³-hybridized carbons (Fsp3) is 0.765. The van der Waals surface area contributed by atoms with Gasteiger partial charge in [0.25, 0.3) is 5.91 Å². The average Bonchev–Trinajstić information content (AvgIpc) is 2.86. The number of nitrogens with zero attached hydrogens (tertiary/aromatic N) is 2. The zero-order valence-corrected chi connectivity index (χ0v) is 13.5. The second-order valence-corrected chi connectivity index (χ2v) is 6.72. The molecular weight excluding hydrogens is 280 g/mol. The quantitative estimate of drug-likeness (QED) is 0.912. The normalized spacial score (nSPS) is 29.6. The van der Waals surface area contributed by atoms with Gasteiger partial charge in [0, 0.05) is 25.4 Å². The van der Waals surface area contributed by atoms with Crippen molar-refractivity contribution in [3.05, 3.63) is 17.3 Å². The largest absolute Gasteiger partial charge is 0.445 e. The number of oxazole rings is 1. The predicted octanol–water partition coefficient (Wildman–Crippen LogP) is 2.84. The van der Waals surface area contributed by atoms with Crippen molar-refractivity contribution >= 4 is 5.91 Å². The number of likely N-dealkylation sites (tertiary alicyclic amines) is 1. The van der Waals surface area contributed by atoms with Crippen LogP contribution >= 0.6 is 0 Å². The molecule has 2 heterocycles. The van der Waals surface area contributed by atoms with E-state index in [0.717, 1.165) is 51.5 Å². The molecule has 122 valence electrons. The summed E-state index contributed by atoms with van der Waals surface area (Å²) in [5.74, 6) is 1.31. The highest BCUT2D eigenvalue weighted by Gasteiger charge is 2.38. The van der Waals surface area contributed by atoms with Gasteiger partial charge in [0.1, 0.15) is 5.76 Å². The Morgan fingerprint density at radius 1 is 1.18 bits per heavy atom. The zero-order valence-electron chi connectivity index (χ0n) is 13.5. The number of aliphatic hydroxyl groups is 1. The number of carbonyl (C=O) groups is 1. The first-order valence-electron chi connectivity index (χ1n) is 8.51. The van der Waals surface area contributed by atoms with Crippen molar-refractivity contribution in [2.24, 2.45) is 5.92 Å². The molecule has 3 rings (SSSR count). The smallest absolute Gasteiger partial charge is 0.276 e. The van der Waals surface area contributed by atoms with E-state index in [2.05, 4.69) is 4.98 Å². The molecule has 1 aliphatic heterocycles. The molecule has 1 aromatic heterocycles. The van der Waals surface area contributed by atoms with Gasteiger partial charge in [-0.05, 0) is 39.0 Å². The fourth-order valence-electron chi connectivity index (χ4n) is 4.11. The van der Waals surface area contributed by atoms with Crippen molar-refractivity contribution < 1.29 is 14.3 Å². The van der Waals surface area contributed by atoms with Gasteiger partial charge >= 0.3 is 0 Å². The first-order valence-corrected chi connectivity index (χ1v) is 8.51. The van der Waals surface area contributed by atoms with Gasteiger partial charge in [0.2, 0.25) is 0 Å². The molecule has 0 aromatic carbocycles. The van der Waals surface area contributed by atoms with Crippen LogP contribution in [0.15, 0.2) is 4.42 Å². The van der Waals surface area contributed by atoms with Crippen molar-refractivity contribution in [1.82, 2.24) is 9.88 Å². The summed E-state index contributed by atoms with van der Waals surface area (Å²) in [6.07, 6.45) is 7.02. The van der Waals surface area contributed by atoms with Crippen molar-refractivity contribution in [1.29, 1.82) is 0 Å². The molecule has 1 aromatic rings.